The molecular formula is C24H24FN5O2S2. The van der Waals surface area contributed by atoms with Crippen molar-refractivity contribution in [3.63, 3.8) is 0 Å². The van der Waals surface area contributed by atoms with Crippen LogP contribution in [0, 0.1) is 12.7 Å². The first-order valence-corrected chi connectivity index (χ1v) is 13.2. The SMILES string of the molecule is Cc1cc(NC(=O)CCSCc2nc3sc4c(c3c(=O)[nH]2)CCCC4)n(-c2ccc(F)cc2)n1. The molecule has 2 N–H and O–H groups in total. The number of hydrogen-bond acceptors (Lipinski definition) is 6. The first-order valence-electron chi connectivity index (χ1n) is 11.2. The molecule has 5 rings (SSSR count). The van der Waals surface area contributed by atoms with Gasteiger partial charge in [-0.3, -0.25) is 9.59 Å². The minimum absolute atomic E-state index is 0.0535. The first-order chi connectivity index (χ1) is 16.5. The molecule has 0 bridgehead atoms. The van der Waals surface area contributed by atoms with Crippen LogP contribution in [0.5, 0.6) is 0 Å². The molecule has 176 valence electrons. The highest BCUT2D eigenvalue weighted by Crippen LogP contribution is 2.33. The molecule has 10 heteroatoms. The maximum Gasteiger partial charge on any atom is 0.259 e. The molecule has 0 fully saturated rings. The minimum atomic E-state index is -0.330. The summed E-state index contributed by atoms with van der Waals surface area (Å²) in [4.78, 5) is 34.9. The highest BCUT2D eigenvalue weighted by Gasteiger charge is 2.19. The summed E-state index contributed by atoms with van der Waals surface area (Å²) < 4.78 is 14.8. The number of carbonyl (C=O) groups excluding carboxylic acids is 1. The Balaban J connectivity index is 1.18. The van der Waals surface area contributed by atoms with Crippen molar-refractivity contribution in [1.29, 1.82) is 0 Å². The molecule has 0 atom stereocenters. The van der Waals surface area contributed by atoms with Crippen LogP contribution >= 0.6 is 23.1 Å². The van der Waals surface area contributed by atoms with Crippen molar-refractivity contribution < 1.29 is 9.18 Å². The summed E-state index contributed by atoms with van der Waals surface area (Å²) >= 11 is 3.19. The molecule has 34 heavy (non-hydrogen) atoms. The van der Waals surface area contributed by atoms with Crippen molar-refractivity contribution in [2.24, 2.45) is 0 Å². The van der Waals surface area contributed by atoms with E-state index in [2.05, 4.69) is 20.4 Å². The standard InChI is InChI=1S/C24H24FN5O2S2/c1-14-12-20(30(29-14)16-8-6-15(25)7-9-16)28-21(31)10-11-33-13-19-26-23(32)22-17-4-2-3-5-18(17)34-24(22)27-19/h6-9,12H,2-5,10-11,13H2,1H3,(H,28,31)(H,26,27,32). The molecule has 1 aliphatic carbocycles. The number of aryl methyl sites for hydroxylation is 3. The third kappa shape index (κ3) is 4.78. The number of aromatic nitrogens is 4. The van der Waals surface area contributed by atoms with Crippen LogP contribution in [0.15, 0.2) is 35.1 Å². The summed E-state index contributed by atoms with van der Waals surface area (Å²) in [6.07, 6.45) is 4.60. The lowest BCUT2D eigenvalue weighted by molar-refractivity contribution is -0.115. The minimum Gasteiger partial charge on any atom is -0.311 e. The van der Waals surface area contributed by atoms with E-state index in [1.807, 2.05) is 6.92 Å². The Hall–Kier alpha value is -2.98. The molecule has 4 aromatic rings. The van der Waals surface area contributed by atoms with Gasteiger partial charge in [0.2, 0.25) is 5.91 Å². The zero-order valence-electron chi connectivity index (χ0n) is 18.7. The van der Waals surface area contributed by atoms with Crippen LogP contribution in [-0.2, 0) is 23.4 Å². The Morgan fingerprint density at radius 1 is 1.26 bits per heavy atom. The van der Waals surface area contributed by atoms with Gasteiger partial charge in [-0.15, -0.1) is 11.3 Å². The number of hydrogen-bond donors (Lipinski definition) is 2. The van der Waals surface area contributed by atoms with Gasteiger partial charge in [0.05, 0.1) is 22.5 Å². The smallest absolute Gasteiger partial charge is 0.259 e. The van der Waals surface area contributed by atoms with Crippen LogP contribution in [-0.4, -0.2) is 31.4 Å². The average Bonchev–Trinajstić information content (AvgIpc) is 3.37. The number of anilines is 1. The molecule has 0 aliphatic heterocycles. The van der Waals surface area contributed by atoms with Gasteiger partial charge in [-0.2, -0.15) is 16.9 Å². The fourth-order valence-electron chi connectivity index (χ4n) is 4.18. The van der Waals surface area contributed by atoms with Crippen LogP contribution < -0.4 is 10.9 Å². The predicted octanol–water partition coefficient (Wildman–Crippen LogP) is 4.76. The molecule has 1 amide bonds. The highest BCUT2D eigenvalue weighted by atomic mass is 32.2. The van der Waals surface area contributed by atoms with Gasteiger partial charge in [-0.05, 0) is 62.4 Å². The van der Waals surface area contributed by atoms with Gasteiger partial charge in [0.1, 0.15) is 22.3 Å². The van der Waals surface area contributed by atoms with Gasteiger partial charge in [-0.25, -0.2) is 14.1 Å². The maximum absolute atomic E-state index is 13.2. The predicted molar refractivity (Wildman–Crippen MR) is 135 cm³/mol. The molecule has 7 nitrogen and oxygen atoms in total. The van der Waals surface area contributed by atoms with Crippen molar-refractivity contribution in [1.82, 2.24) is 19.7 Å². The van der Waals surface area contributed by atoms with Gasteiger partial charge in [0.15, 0.2) is 0 Å². The summed E-state index contributed by atoms with van der Waals surface area (Å²) in [7, 11) is 0. The normalized spacial score (nSPS) is 13.2. The van der Waals surface area contributed by atoms with Crippen LogP contribution in [0.2, 0.25) is 0 Å². The summed E-state index contributed by atoms with van der Waals surface area (Å²) in [6, 6.07) is 7.72. The third-order valence-electron chi connectivity index (χ3n) is 5.76. The number of benzene rings is 1. The monoisotopic (exact) mass is 497 g/mol. The largest absolute Gasteiger partial charge is 0.311 e. The van der Waals surface area contributed by atoms with Crippen LogP contribution in [0.3, 0.4) is 0 Å². The summed E-state index contributed by atoms with van der Waals surface area (Å²) in [5.41, 5.74) is 2.54. The number of rotatable bonds is 7. The Labute approximate surface area is 203 Å². The number of nitrogens with one attached hydrogen (secondary N) is 2. The van der Waals surface area contributed by atoms with E-state index in [0.717, 1.165) is 35.2 Å². The third-order valence-corrected chi connectivity index (χ3v) is 7.91. The second-order valence-electron chi connectivity index (χ2n) is 8.31. The Morgan fingerprint density at radius 2 is 2.06 bits per heavy atom. The zero-order valence-corrected chi connectivity index (χ0v) is 20.3. The highest BCUT2D eigenvalue weighted by molar-refractivity contribution is 7.98. The average molecular weight is 498 g/mol. The van der Waals surface area contributed by atoms with E-state index < -0.39 is 0 Å². The number of aromatic amines is 1. The summed E-state index contributed by atoms with van der Waals surface area (Å²) in [5.74, 6) is 1.83. The molecule has 0 spiro atoms. The van der Waals surface area contributed by atoms with E-state index >= 15 is 0 Å². The lowest BCUT2D eigenvalue weighted by atomic mass is 9.97. The number of thioether (sulfide) groups is 1. The van der Waals surface area contributed by atoms with E-state index in [4.69, 9.17) is 0 Å². The number of H-pyrrole nitrogens is 1. The second kappa shape index (κ2) is 9.71. The maximum atomic E-state index is 13.2. The fraction of sp³-hybridized carbons (Fsp3) is 0.333. The van der Waals surface area contributed by atoms with E-state index in [1.165, 1.54) is 29.0 Å². The molecule has 0 saturated heterocycles. The van der Waals surface area contributed by atoms with Crippen molar-refractivity contribution in [3.05, 3.63) is 68.5 Å². The zero-order chi connectivity index (χ0) is 23.7. The number of nitrogens with zero attached hydrogens (tertiary/aromatic N) is 3. The van der Waals surface area contributed by atoms with Crippen LogP contribution in [0.25, 0.3) is 15.9 Å². The van der Waals surface area contributed by atoms with Crippen LogP contribution in [0.1, 0.15) is 41.2 Å². The summed E-state index contributed by atoms with van der Waals surface area (Å²) in [5, 5.41) is 8.04. The molecule has 1 aromatic carbocycles. The van der Waals surface area contributed by atoms with Gasteiger partial charge in [-0.1, -0.05) is 0 Å². The number of thiophene rings is 1. The molecule has 3 heterocycles. The van der Waals surface area contributed by atoms with E-state index in [-0.39, 0.29) is 17.3 Å². The quantitative estimate of drug-likeness (QED) is 0.359. The van der Waals surface area contributed by atoms with Crippen molar-refractivity contribution in [3.8, 4) is 5.69 Å². The summed E-state index contributed by atoms with van der Waals surface area (Å²) in [6.45, 7) is 1.83. The molecule has 3 aromatic heterocycles. The Morgan fingerprint density at radius 3 is 2.88 bits per heavy atom. The van der Waals surface area contributed by atoms with E-state index in [1.54, 1.807) is 46.0 Å². The van der Waals surface area contributed by atoms with Gasteiger partial charge in [0.25, 0.3) is 5.56 Å². The number of fused-ring (bicyclic) bond motifs is 3. The Bertz CT molecular complexity index is 1410. The number of halogens is 1. The molecule has 0 radical (unpaired) electrons. The van der Waals surface area contributed by atoms with Gasteiger partial charge >= 0.3 is 0 Å². The van der Waals surface area contributed by atoms with Gasteiger partial charge in [0, 0.05) is 23.1 Å². The Kier molecular flexibility index (Phi) is 6.51. The number of amides is 1. The first kappa shape index (κ1) is 22.8. The number of carbonyl (C=O) groups is 1. The van der Waals surface area contributed by atoms with E-state index in [0.29, 0.717) is 35.3 Å². The van der Waals surface area contributed by atoms with Crippen molar-refractivity contribution in [2.45, 2.75) is 44.8 Å². The van der Waals surface area contributed by atoms with E-state index in [9.17, 15) is 14.0 Å². The van der Waals surface area contributed by atoms with Crippen molar-refractivity contribution >= 4 is 45.0 Å². The fourth-order valence-corrected chi connectivity index (χ4v) is 6.27. The van der Waals surface area contributed by atoms with Crippen molar-refractivity contribution in [2.75, 3.05) is 11.1 Å². The van der Waals surface area contributed by atoms with Gasteiger partial charge < -0.3 is 10.3 Å². The lowest BCUT2D eigenvalue weighted by Gasteiger charge is -2.09. The molecule has 0 unspecified atom stereocenters. The van der Waals surface area contributed by atoms with Crippen LogP contribution in [0.4, 0.5) is 10.2 Å². The molecule has 0 saturated carbocycles. The molecular weight excluding hydrogens is 473 g/mol. The topological polar surface area (TPSA) is 92.7 Å². The second-order valence-corrected chi connectivity index (χ2v) is 10.5. The molecule has 1 aliphatic rings. The lowest BCUT2D eigenvalue weighted by Crippen LogP contribution is -2.16.